The first-order valence-electron chi connectivity index (χ1n) is 21.1. The third kappa shape index (κ3) is 16.8. The molecule has 0 heterocycles. The fourth-order valence-electron chi connectivity index (χ4n) is 7.12. The van der Waals surface area contributed by atoms with Gasteiger partial charge in [-0.3, -0.25) is 0 Å². The molecule has 4 atom stereocenters. The van der Waals surface area contributed by atoms with Gasteiger partial charge >= 0.3 is 0 Å². The molecule has 0 bridgehead atoms. The Bertz CT molecular complexity index is 1030. The Morgan fingerprint density at radius 2 is 0.760 bits per heavy atom. The number of thiocarbonyl (C=S) groups is 1. The van der Waals surface area contributed by atoms with E-state index in [1.165, 1.54) is 138 Å². The second-order valence-electron chi connectivity index (χ2n) is 15.3. The lowest BCUT2D eigenvalue weighted by Gasteiger charge is -2.40. The summed E-state index contributed by atoms with van der Waals surface area (Å²) in [5, 5.41) is 8.44. The molecule has 0 fully saturated rings. The molecule has 5 heteroatoms. The van der Waals surface area contributed by atoms with Crippen LogP contribution in [0.4, 0.5) is 22.7 Å². The van der Waals surface area contributed by atoms with E-state index < -0.39 is 0 Å². The van der Waals surface area contributed by atoms with E-state index in [1.54, 1.807) is 0 Å². The van der Waals surface area contributed by atoms with Crippen LogP contribution < -0.4 is 20.4 Å². The molecule has 4 unspecified atom stereocenters. The van der Waals surface area contributed by atoms with Gasteiger partial charge in [0.05, 0.1) is 0 Å². The number of benzene rings is 2. The van der Waals surface area contributed by atoms with Crippen molar-refractivity contribution in [1.29, 1.82) is 0 Å². The number of anilines is 4. The SMILES string of the molecule is CCCCCCC(C)Nc1ccc(N(C(=S)N(c2ccc(NC(C)CCCCCC)cc2)C(C)CCCCCC)C(C)CCCCCC)cc1. The molecule has 0 aliphatic heterocycles. The zero-order valence-corrected chi connectivity index (χ0v) is 34.7. The van der Waals surface area contributed by atoms with Gasteiger partial charge in [-0.2, -0.15) is 0 Å². The van der Waals surface area contributed by atoms with E-state index in [2.05, 4.69) is 124 Å². The standard InChI is InChI=1S/C45H78N4S/c1-9-13-17-21-25-37(5)46-41-29-33-43(34-30-41)48(39(7)27-23-19-15-11-3)45(50)49(40(8)28-24-20-16-12-4)44-35-31-42(32-36-44)47-38(6)26-22-18-14-10-2/h29-40,46-47H,9-28H2,1-8H3. The lowest BCUT2D eigenvalue weighted by molar-refractivity contribution is 0.557. The zero-order chi connectivity index (χ0) is 36.6. The third-order valence-electron chi connectivity index (χ3n) is 10.3. The lowest BCUT2D eigenvalue weighted by Crippen LogP contribution is -2.51. The van der Waals surface area contributed by atoms with Crippen LogP contribution in [0.2, 0.25) is 0 Å². The molecule has 284 valence electrons. The zero-order valence-electron chi connectivity index (χ0n) is 33.9. The molecule has 0 saturated heterocycles. The number of unbranched alkanes of at least 4 members (excludes halogenated alkanes) is 12. The number of nitrogens with one attached hydrogen (secondary N) is 2. The van der Waals surface area contributed by atoms with Crippen LogP contribution in [0, 0.1) is 0 Å². The third-order valence-corrected chi connectivity index (χ3v) is 10.7. The van der Waals surface area contributed by atoms with Gasteiger partial charge in [0, 0.05) is 46.9 Å². The van der Waals surface area contributed by atoms with Gasteiger partial charge in [0.15, 0.2) is 5.11 Å². The maximum Gasteiger partial charge on any atom is 0.181 e. The van der Waals surface area contributed by atoms with Crippen LogP contribution in [-0.4, -0.2) is 29.3 Å². The molecule has 2 aromatic rings. The molecule has 0 amide bonds. The van der Waals surface area contributed by atoms with E-state index in [0.717, 1.165) is 18.0 Å². The topological polar surface area (TPSA) is 30.5 Å². The summed E-state index contributed by atoms with van der Waals surface area (Å²) in [6, 6.07) is 19.8. The summed E-state index contributed by atoms with van der Waals surface area (Å²) in [5.74, 6) is 0. The molecule has 0 radical (unpaired) electrons. The number of nitrogens with zero attached hydrogens (tertiary/aromatic N) is 2. The van der Waals surface area contributed by atoms with Gasteiger partial charge in [-0.25, -0.2) is 0 Å². The predicted octanol–water partition coefficient (Wildman–Crippen LogP) is 14.5. The molecule has 50 heavy (non-hydrogen) atoms. The monoisotopic (exact) mass is 707 g/mol. The average Bonchev–Trinajstić information content (AvgIpc) is 3.10. The number of hydrogen-bond acceptors (Lipinski definition) is 3. The lowest BCUT2D eigenvalue weighted by atomic mass is 10.0. The van der Waals surface area contributed by atoms with E-state index in [9.17, 15) is 0 Å². The maximum atomic E-state index is 6.58. The van der Waals surface area contributed by atoms with Crippen LogP contribution >= 0.6 is 12.2 Å². The van der Waals surface area contributed by atoms with Crippen LogP contribution in [0.5, 0.6) is 0 Å². The highest BCUT2D eigenvalue weighted by Crippen LogP contribution is 2.30. The van der Waals surface area contributed by atoms with Gasteiger partial charge in [-0.05, 0) is 114 Å². The fraction of sp³-hybridized carbons (Fsp3) is 0.711. The van der Waals surface area contributed by atoms with E-state index >= 15 is 0 Å². The Morgan fingerprint density at radius 1 is 0.460 bits per heavy atom. The minimum absolute atomic E-state index is 0.306. The van der Waals surface area contributed by atoms with Gasteiger partial charge in [-0.1, -0.05) is 130 Å². The van der Waals surface area contributed by atoms with Crippen molar-refractivity contribution >= 4 is 40.1 Å². The van der Waals surface area contributed by atoms with Crippen molar-refractivity contribution in [3.8, 4) is 0 Å². The molecule has 2 N–H and O–H groups in total. The van der Waals surface area contributed by atoms with Crippen LogP contribution in [-0.2, 0) is 0 Å². The van der Waals surface area contributed by atoms with Gasteiger partial charge in [-0.15, -0.1) is 0 Å². The summed E-state index contributed by atoms with van der Waals surface area (Å²) in [6.07, 6.45) is 25.3. The molecule has 0 aromatic heterocycles. The molecule has 4 nitrogen and oxygen atoms in total. The Labute approximate surface area is 316 Å². The van der Waals surface area contributed by atoms with E-state index in [-0.39, 0.29) is 0 Å². The van der Waals surface area contributed by atoms with Crippen molar-refractivity contribution in [1.82, 2.24) is 0 Å². The first-order chi connectivity index (χ1) is 24.2. The summed E-state index contributed by atoms with van der Waals surface area (Å²) in [4.78, 5) is 4.93. The van der Waals surface area contributed by atoms with Gasteiger partial charge in [0.2, 0.25) is 0 Å². The van der Waals surface area contributed by atoms with Crippen molar-refractivity contribution in [2.75, 3.05) is 20.4 Å². The first-order valence-corrected chi connectivity index (χ1v) is 21.5. The Hall–Kier alpha value is -2.27. The summed E-state index contributed by atoms with van der Waals surface area (Å²) in [5.41, 5.74) is 4.78. The summed E-state index contributed by atoms with van der Waals surface area (Å²) in [6.45, 7) is 18.5. The summed E-state index contributed by atoms with van der Waals surface area (Å²) in [7, 11) is 0. The van der Waals surface area contributed by atoms with Crippen LogP contribution in [0.25, 0.3) is 0 Å². The average molecular weight is 707 g/mol. The van der Waals surface area contributed by atoms with Crippen LogP contribution in [0.15, 0.2) is 48.5 Å². The highest BCUT2D eigenvalue weighted by Gasteiger charge is 2.28. The smallest absolute Gasteiger partial charge is 0.181 e. The second kappa shape index (κ2) is 26.5. The van der Waals surface area contributed by atoms with E-state index in [4.69, 9.17) is 12.2 Å². The largest absolute Gasteiger partial charge is 0.383 e. The highest BCUT2D eigenvalue weighted by atomic mass is 32.1. The van der Waals surface area contributed by atoms with Crippen molar-refractivity contribution in [3.05, 3.63) is 48.5 Å². The minimum Gasteiger partial charge on any atom is -0.383 e. The quantitative estimate of drug-likeness (QED) is 0.0679. The first kappa shape index (κ1) is 43.9. The van der Waals surface area contributed by atoms with Crippen molar-refractivity contribution in [3.63, 3.8) is 0 Å². The summed E-state index contributed by atoms with van der Waals surface area (Å²) < 4.78 is 0. The molecular formula is C45H78N4S. The van der Waals surface area contributed by atoms with E-state index in [0.29, 0.717) is 24.2 Å². The Balaban J connectivity index is 2.35. The molecule has 0 aliphatic rings. The fourth-order valence-corrected chi connectivity index (χ4v) is 7.69. The molecule has 0 saturated carbocycles. The molecule has 0 aliphatic carbocycles. The van der Waals surface area contributed by atoms with Gasteiger partial charge in [0.1, 0.15) is 0 Å². The van der Waals surface area contributed by atoms with Crippen molar-refractivity contribution in [2.24, 2.45) is 0 Å². The molecule has 0 spiro atoms. The van der Waals surface area contributed by atoms with Crippen molar-refractivity contribution < 1.29 is 0 Å². The molecule has 2 aromatic carbocycles. The van der Waals surface area contributed by atoms with Crippen molar-refractivity contribution in [2.45, 2.75) is 208 Å². The Kier molecular flexibility index (Phi) is 23.3. The normalized spacial score (nSPS) is 13.8. The second-order valence-corrected chi connectivity index (χ2v) is 15.7. The minimum atomic E-state index is 0.306. The van der Waals surface area contributed by atoms with Crippen LogP contribution in [0.1, 0.15) is 184 Å². The number of hydrogen-bond donors (Lipinski definition) is 2. The Morgan fingerprint density at radius 3 is 1.06 bits per heavy atom. The van der Waals surface area contributed by atoms with E-state index in [1.807, 2.05) is 0 Å². The summed E-state index contributed by atoms with van der Waals surface area (Å²) >= 11 is 6.58. The maximum absolute atomic E-state index is 6.58. The predicted molar refractivity (Wildman–Crippen MR) is 231 cm³/mol. The van der Waals surface area contributed by atoms with Gasteiger partial charge < -0.3 is 20.4 Å². The van der Waals surface area contributed by atoms with Crippen LogP contribution in [0.3, 0.4) is 0 Å². The molecule has 2 rings (SSSR count). The van der Waals surface area contributed by atoms with Gasteiger partial charge in [0.25, 0.3) is 0 Å². The number of rotatable bonds is 28. The highest BCUT2D eigenvalue weighted by molar-refractivity contribution is 7.80. The molecular weight excluding hydrogens is 629 g/mol.